The van der Waals surface area contributed by atoms with Crippen molar-refractivity contribution in [1.82, 2.24) is 20.3 Å². The van der Waals surface area contributed by atoms with E-state index in [1.54, 1.807) is 80.5 Å². The molecule has 20 nitrogen and oxygen atoms in total. The number of rotatable bonds is 20. The Kier molecular flexibility index (Phi) is 76.9. The number of hydrogen-bond donors (Lipinski definition) is 3. The second-order valence-electron chi connectivity index (χ2n) is 31.9. The van der Waals surface area contributed by atoms with Gasteiger partial charge in [-0.1, -0.05) is 141 Å². The molecule has 2 unspecified atom stereocenters. The lowest BCUT2D eigenvalue weighted by atomic mass is 9.88. The molecule has 3 N–H and O–H groups in total. The lowest BCUT2D eigenvalue weighted by molar-refractivity contribution is -0.131. The molecule has 0 bridgehead atoms. The number of terminal acetylenes is 1. The Balaban J connectivity index is -0.0000000902. The molecule has 0 radical (unpaired) electrons. The van der Waals surface area contributed by atoms with Crippen molar-refractivity contribution >= 4 is 105 Å². The van der Waals surface area contributed by atoms with Crippen LogP contribution in [0.25, 0.3) is 0 Å². The number of hydrogen-bond acceptors (Lipinski definition) is 17. The summed E-state index contributed by atoms with van der Waals surface area (Å²) < 4.78 is 77.6. The van der Waals surface area contributed by atoms with Crippen molar-refractivity contribution in [3.8, 4) is 17.7 Å². The van der Waals surface area contributed by atoms with Crippen LogP contribution in [0.3, 0.4) is 0 Å². The number of carbonyl (C=O) groups is 9. The van der Waals surface area contributed by atoms with Crippen LogP contribution in [0.1, 0.15) is 248 Å². The van der Waals surface area contributed by atoms with Crippen LogP contribution in [-0.2, 0) is 84.6 Å². The predicted molar refractivity (Wildman–Crippen MR) is 445 cm³/mol. The van der Waals surface area contributed by atoms with E-state index < -0.39 is 53.7 Å². The van der Waals surface area contributed by atoms with Gasteiger partial charge in [-0.25, -0.2) is 30.2 Å². The topological polar surface area (TPSA) is 319 Å². The molecule has 0 saturated heterocycles. The molecule has 0 aliphatic heterocycles. The Morgan fingerprint density at radius 3 is 1.07 bits per heavy atom. The molecule has 2 amide bonds. The Morgan fingerprint density at radius 1 is 0.581 bits per heavy atom. The molecular formula is C79H145ClFN5O15S4. The molecule has 614 valence electrons. The van der Waals surface area contributed by atoms with E-state index in [0.29, 0.717) is 0 Å². The number of ketones is 7. The summed E-state index contributed by atoms with van der Waals surface area (Å²) in [6, 6.07) is 1.80. The fourth-order valence-electron chi connectivity index (χ4n) is 4.09. The zero-order valence-corrected chi connectivity index (χ0v) is 75.6. The van der Waals surface area contributed by atoms with E-state index in [1.807, 2.05) is 191 Å². The number of amides is 2. The molecular weight excluding hydrogens is 1440 g/mol. The molecule has 26 heteroatoms. The molecule has 0 heterocycles. The quantitative estimate of drug-likeness (QED) is 0.0441. The third-order valence-corrected chi connectivity index (χ3v) is 16.7. The van der Waals surface area contributed by atoms with Crippen LogP contribution in [-0.4, -0.2) is 147 Å². The van der Waals surface area contributed by atoms with Crippen molar-refractivity contribution in [2.45, 2.75) is 280 Å². The van der Waals surface area contributed by atoms with Crippen LogP contribution in [0.2, 0.25) is 0 Å². The Bertz CT molecular complexity index is 3020. The number of likely N-dealkylation sites (N-methyl/N-ethyl adjacent to an activating group) is 1. The summed E-state index contributed by atoms with van der Waals surface area (Å²) in [6.07, 6.45) is 12.8. The van der Waals surface area contributed by atoms with Crippen LogP contribution < -0.4 is 15.4 Å². The number of allylic oxidation sites excluding steroid dienone is 3. The van der Waals surface area contributed by atoms with Crippen molar-refractivity contribution < 1.29 is 72.8 Å². The highest BCUT2D eigenvalue weighted by Gasteiger charge is 2.23. The van der Waals surface area contributed by atoms with Gasteiger partial charge in [0.25, 0.3) is 0 Å². The number of nitriles is 1. The third kappa shape index (κ3) is 109. The van der Waals surface area contributed by atoms with E-state index in [1.165, 1.54) is 24.5 Å². The molecule has 0 saturated carbocycles. The maximum atomic E-state index is 11.3. The van der Waals surface area contributed by atoms with E-state index in [4.69, 9.17) is 23.3 Å². The molecule has 0 aromatic rings. The average Bonchev–Trinajstić information content (AvgIpc) is 0.911. The van der Waals surface area contributed by atoms with Gasteiger partial charge in [-0.15, -0.1) is 18.0 Å². The minimum atomic E-state index is -3.26. The normalized spacial score (nSPS) is 11.6. The SMILES string of the molecule is C#CS(=O)C(C)(C)C.C=CC(=O)C(C)C.C=CC(=O)NC(C)(C)C.C=CS(=O)(=O)C(C)C.C=CS(=O)(=O)NC(C)(C)C.C=CS(=O)C(C)(C)C.CC(=O)CC(=O)C(C)(C)C.CC(C)=CC(=O)C(C)(C)C.CC(C)C(=O)CC#N.CC(C)C(=O)CCl.CC(C)C(=O)CF.CN(C)C/C=C/C(=O)NC(C)(C)C. The van der Waals surface area contributed by atoms with Gasteiger partial charge in [0.2, 0.25) is 21.8 Å². The van der Waals surface area contributed by atoms with Crippen LogP contribution in [0.5, 0.6) is 0 Å². The Hall–Kier alpha value is -5.80. The number of alkyl halides is 2. The van der Waals surface area contributed by atoms with Crippen molar-refractivity contribution in [2.75, 3.05) is 33.2 Å². The number of sulfone groups is 1. The number of halogens is 2. The molecule has 0 aliphatic carbocycles. The van der Waals surface area contributed by atoms with Crippen molar-refractivity contribution in [1.29, 1.82) is 5.26 Å². The summed E-state index contributed by atoms with van der Waals surface area (Å²) in [5.74, 6) is 0.144. The molecule has 0 spiro atoms. The predicted octanol–water partition coefficient (Wildman–Crippen LogP) is 16.0. The first-order valence-corrected chi connectivity index (χ1v) is 39.9. The first kappa shape index (κ1) is 126. The van der Waals surface area contributed by atoms with Gasteiger partial charge in [0.1, 0.15) is 40.6 Å². The highest BCUT2D eigenvalue weighted by Crippen LogP contribution is 2.17. The summed E-state index contributed by atoms with van der Waals surface area (Å²) in [6.45, 7) is 78.8. The number of carbonyl (C=O) groups excluding carboxylic acids is 9. The zero-order chi connectivity index (χ0) is 87.6. The van der Waals surface area contributed by atoms with Gasteiger partial charge in [-0.05, 0) is 181 Å². The molecule has 105 heavy (non-hydrogen) atoms. The lowest BCUT2D eigenvalue weighted by Gasteiger charge is -2.19. The number of nitrogens with one attached hydrogen (secondary N) is 3. The average molecular weight is 1590 g/mol. The monoisotopic (exact) mass is 1590 g/mol. The minimum absolute atomic E-state index is 0.00894. The first-order chi connectivity index (χ1) is 46.4. The van der Waals surface area contributed by atoms with Gasteiger partial charge < -0.3 is 15.5 Å². The highest BCUT2D eigenvalue weighted by atomic mass is 35.5. The summed E-state index contributed by atoms with van der Waals surface area (Å²) in [5.41, 5.74) is -0.249. The van der Waals surface area contributed by atoms with E-state index in [9.17, 15) is 72.8 Å². The van der Waals surface area contributed by atoms with E-state index in [-0.39, 0.29) is 131 Å². The molecule has 0 aliphatic rings. The van der Waals surface area contributed by atoms with Crippen molar-refractivity contribution in [2.24, 2.45) is 34.5 Å². The van der Waals surface area contributed by atoms with Gasteiger partial charge in [-0.2, -0.15) is 5.26 Å². The smallest absolute Gasteiger partial charge is 0.244 e. The lowest BCUT2D eigenvalue weighted by Crippen LogP contribution is -2.39. The van der Waals surface area contributed by atoms with Crippen LogP contribution in [0.15, 0.2) is 85.1 Å². The van der Waals surface area contributed by atoms with Gasteiger partial charge in [0.15, 0.2) is 27.2 Å². The fraction of sp³-hybridized carbons (Fsp3) is 0.671. The van der Waals surface area contributed by atoms with Gasteiger partial charge in [0, 0.05) is 84.0 Å². The van der Waals surface area contributed by atoms with E-state index in [2.05, 4.69) is 53.5 Å². The summed E-state index contributed by atoms with van der Waals surface area (Å²) in [4.78, 5) is 98.0. The van der Waals surface area contributed by atoms with Crippen LogP contribution >= 0.6 is 11.6 Å². The second-order valence-corrected chi connectivity index (χ2v) is 40.4. The molecule has 2 atom stereocenters. The zero-order valence-electron chi connectivity index (χ0n) is 71.6. The molecule has 0 fully saturated rings. The number of Topliss-reactive ketones (excluding diaryl/α,β-unsaturated/α-hetero) is 5. The summed E-state index contributed by atoms with van der Waals surface area (Å²) in [5, 5.41) is 18.8. The largest absolute Gasteiger partial charge is 0.348 e. The third-order valence-electron chi connectivity index (χ3n) is 10.5. The van der Waals surface area contributed by atoms with Gasteiger partial charge >= 0.3 is 0 Å². The Morgan fingerprint density at radius 2 is 0.971 bits per heavy atom. The van der Waals surface area contributed by atoms with Gasteiger partial charge in [-0.3, -0.25) is 47.4 Å². The fourth-order valence-corrected chi connectivity index (χ4v) is 6.57. The van der Waals surface area contributed by atoms with Crippen molar-refractivity contribution in [3.05, 3.63) is 85.1 Å². The maximum Gasteiger partial charge on any atom is 0.244 e. The van der Waals surface area contributed by atoms with Crippen molar-refractivity contribution in [3.63, 3.8) is 0 Å². The molecule has 0 aromatic heterocycles. The summed E-state index contributed by atoms with van der Waals surface area (Å²) >= 11 is 5.20. The number of sulfonamides is 1. The highest BCUT2D eigenvalue weighted by molar-refractivity contribution is 7.94. The standard InChI is InChI=1S/C10H20N2O.C9H16O.C8H14O2.C7H13NO.C6H13NO2S.C6H9NO.C6H12OS.C6H10OS.C6H10O.C5H9ClO.C5H9FO.C5H10O2S/c1-10(2,3)11-9(13)7-6-8-12(4)5;1-7(2)6-8(10)9(3,4)5;1-6(9)5-7(10)8(2,3)4;1-5-6(9)8-7(2,3)4;1-5-10(8,9)7-6(2,3)4;1-5(2)6(8)3-4-7;2*1-5-8(7)6(2,3)4;1-4-6(7)5(2)3;2*1-4(2)5(7)3-6;1-4-8(6,7)5(2)3/h6-7H,8H2,1-5H3,(H,11,13);6H,1-5H3;5H2,1-4H3;5H,1H2,2-4H3,(H,8,9);5,7H,1H2,2-4H3;5H,3H2,1-2H3;5H,1H2,2-4H3;1H,2-4H3;4-5H,1H2,2-3H3;2*4H,3H2,1-2H3;4-5H,1H2,2-3H3/b7-6+;;;;;;;;;;;. The molecule has 0 aromatic carbocycles. The van der Waals surface area contributed by atoms with E-state index in [0.717, 1.165) is 22.9 Å². The van der Waals surface area contributed by atoms with Crippen LogP contribution in [0.4, 0.5) is 4.39 Å². The maximum absolute atomic E-state index is 11.3. The first-order valence-electron chi connectivity index (χ1n) is 33.9. The van der Waals surface area contributed by atoms with Gasteiger partial charge in [0.05, 0.1) is 40.8 Å². The number of nitrogens with zero attached hydrogens (tertiary/aromatic N) is 2. The minimum Gasteiger partial charge on any atom is -0.348 e. The Labute approximate surface area is 649 Å². The summed E-state index contributed by atoms with van der Waals surface area (Å²) in [7, 11) is -4.30. The van der Waals surface area contributed by atoms with E-state index >= 15 is 0 Å². The molecule has 0 rings (SSSR count). The second kappa shape index (κ2) is 64.2. The van der Waals surface area contributed by atoms with Crippen LogP contribution in [0, 0.1) is 57.5 Å².